The minimum absolute atomic E-state index is 0.305. The average molecular weight is 193 g/mol. The highest BCUT2D eigenvalue weighted by atomic mass is 16.6. The molecule has 2 rings (SSSR count). The first-order valence-electron chi connectivity index (χ1n) is 4.99. The minimum atomic E-state index is 0.305. The minimum Gasteiger partial charge on any atom is -0.489 e. The van der Waals surface area contributed by atoms with Crippen LogP contribution in [0.15, 0.2) is 12.3 Å². The van der Waals surface area contributed by atoms with Crippen molar-refractivity contribution in [3.05, 3.63) is 23.5 Å². The molecule has 1 saturated heterocycles. The fourth-order valence-electron chi connectivity index (χ4n) is 1.24. The molecule has 14 heavy (non-hydrogen) atoms. The molecule has 76 valence electrons. The van der Waals surface area contributed by atoms with Crippen molar-refractivity contribution in [1.82, 2.24) is 4.98 Å². The lowest BCUT2D eigenvalue weighted by atomic mass is 10.2. The molecule has 0 radical (unpaired) electrons. The van der Waals surface area contributed by atoms with Crippen LogP contribution in [0.5, 0.6) is 5.75 Å². The number of pyridine rings is 1. The van der Waals surface area contributed by atoms with E-state index in [0.29, 0.717) is 12.7 Å². The second-order valence-corrected chi connectivity index (χ2v) is 3.55. The number of epoxide rings is 1. The maximum Gasteiger partial charge on any atom is 0.140 e. The van der Waals surface area contributed by atoms with E-state index in [1.54, 1.807) is 0 Å². The molecule has 0 unspecified atom stereocenters. The number of ether oxygens (including phenoxy) is 2. The highest BCUT2D eigenvalue weighted by Gasteiger charge is 2.23. The summed E-state index contributed by atoms with van der Waals surface area (Å²) in [5.41, 5.74) is 2.16. The maximum absolute atomic E-state index is 5.62. The third-order valence-corrected chi connectivity index (χ3v) is 2.33. The van der Waals surface area contributed by atoms with E-state index < -0.39 is 0 Å². The molecule has 2 heterocycles. The van der Waals surface area contributed by atoms with Gasteiger partial charge in [-0.1, -0.05) is 6.92 Å². The van der Waals surface area contributed by atoms with Crippen molar-refractivity contribution in [3.63, 3.8) is 0 Å². The Hall–Kier alpha value is -1.09. The Labute approximate surface area is 84.1 Å². The van der Waals surface area contributed by atoms with Crippen LogP contribution in [0.2, 0.25) is 0 Å². The number of aromatic nitrogens is 1. The van der Waals surface area contributed by atoms with Crippen molar-refractivity contribution in [2.45, 2.75) is 26.4 Å². The van der Waals surface area contributed by atoms with Crippen LogP contribution in [-0.2, 0) is 11.2 Å². The summed E-state index contributed by atoms with van der Waals surface area (Å²) in [6.45, 7) is 5.55. The summed E-state index contributed by atoms with van der Waals surface area (Å²) in [5.74, 6) is 0.889. The standard InChI is InChI=1S/C11H15NO2/c1-3-9-4-11(8(2)12-5-9)14-7-10-6-13-10/h4-5,10H,3,6-7H2,1-2H3/t10-/m0/s1. The van der Waals surface area contributed by atoms with Crippen molar-refractivity contribution in [3.8, 4) is 5.75 Å². The molecule has 0 spiro atoms. The molecule has 0 amide bonds. The normalized spacial score (nSPS) is 19.4. The van der Waals surface area contributed by atoms with Crippen LogP contribution in [0.4, 0.5) is 0 Å². The molecule has 0 aromatic carbocycles. The second kappa shape index (κ2) is 3.96. The first kappa shape index (κ1) is 9.46. The summed E-state index contributed by atoms with van der Waals surface area (Å²) in [7, 11) is 0. The highest BCUT2D eigenvalue weighted by Crippen LogP contribution is 2.19. The first-order valence-corrected chi connectivity index (χ1v) is 4.99. The van der Waals surface area contributed by atoms with Crippen molar-refractivity contribution < 1.29 is 9.47 Å². The van der Waals surface area contributed by atoms with Gasteiger partial charge in [0.2, 0.25) is 0 Å². The Kier molecular flexibility index (Phi) is 2.68. The van der Waals surface area contributed by atoms with Gasteiger partial charge in [-0.25, -0.2) is 0 Å². The lowest BCUT2D eigenvalue weighted by Gasteiger charge is -2.08. The molecule has 3 heteroatoms. The van der Waals surface area contributed by atoms with Crippen LogP contribution in [0, 0.1) is 6.92 Å². The Bertz CT molecular complexity index is 321. The van der Waals surface area contributed by atoms with Gasteiger partial charge in [-0.05, 0) is 25.0 Å². The van der Waals surface area contributed by atoms with Gasteiger partial charge in [0.15, 0.2) is 0 Å². The zero-order chi connectivity index (χ0) is 9.97. The van der Waals surface area contributed by atoms with E-state index in [2.05, 4.69) is 18.0 Å². The first-order chi connectivity index (χ1) is 6.79. The molecule has 1 aromatic rings. The summed E-state index contributed by atoms with van der Waals surface area (Å²) >= 11 is 0. The fourth-order valence-corrected chi connectivity index (χ4v) is 1.24. The van der Waals surface area contributed by atoms with Gasteiger partial charge < -0.3 is 9.47 Å². The van der Waals surface area contributed by atoms with Gasteiger partial charge in [0, 0.05) is 6.20 Å². The number of hydrogen-bond donors (Lipinski definition) is 0. The van der Waals surface area contributed by atoms with Gasteiger partial charge in [-0.15, -0.1) is 0 Å². The van der Waals surface area contributed by atoms with Crippen molar-refractivity contribution in [1.29, 1.82) is 0 Å². The zero-order valence-corrected chi connectivity index (χ0v) is 8.62. The molecular weight excluding hydrogens is 178 g/mol. The van der Waals surface area contributed by atoms with Crippen LogP contribution in [0.1, 0.15) is 18.2 Å². The Morgan fingerprint density at radius 3 is 3.07 bits per heavy atom. The van der Waals surface area contributed by atoms with Crippen molar-refractivity contribution in [2.24, 2.45) is 0 Å². The SMILES string of the molecule is CCc1cnc(C)c(OC[C@@H]2CO2)c1. The van der Waals surface area contributed by atoms with E-state index in [0.717, 1.165) is 24.5 Å². The van der Waals surface area contributed by atoms with E-state index in [1.807, 2.05) is 13.1 Å². The predicted octanol–water partition coefficient (Wildman–Crippen LogP) is 1.73. The Morgan fingerprint density at radius 1 is 1.64 bits per heavy atom. The monoisotopic (exact) mass is 193 g/mol. The quantitative estimate of drug-likeness (QED) is 0.683. The van der Waals surface area contributed by atoms with Gasteiger partial charge >= 0.3 is 0 Å². The van der Waals surface area contributed by atoms with Crippen LogP contribution >= 0.6 is 0 Å². The Balaban J connectivity index is 2.04. The van der Waals surface area contributed by atoms with Gasteiger partial charge in [0.05, 0.1) is 12.3 Å². The number of hydrogen-bond acceptors (Lipinski definition) is 3. The fraction of sp³-hybridized carbons (Fsp3) is 0.545. The number of nitrogens with zero attached hydrogens (tertiary/aromatic N) is 1. The summed E-state index contributed by atoms with van der Waals surface area (Å²) in [6, 6.07) is 2.06. The molecule has 3 nitrogen and oxygen atoms in total. The lowest BCUT2D eigenvalue weighted by molar-refractivity contribution is 0.260. The summed E-state index contributed by atoms with van der Waals surface area (Å²) in [6.07, 6.45) is 3.19. The van der Waals surface area contributed by atoms with E-state index in [9.17, 15) is 0 Å². The van der Waals surface area contributed by atoms with Crippen molar-refractivity contribution >= 4 is 0 Å². The zero-order valence-electron chi connectivity index (χ0n) is 8.62. The van der Waals surface area contributed by atoms with Crippen LogP contribution in [-0.4, -0.2) is 24.3 Å². The molecular formula is C11H15NO2. The maximum atomic E-state index is 5.62. The van der Waals surface area contributed by atoms with E-state index >= 15 is 0 Å². The number of rotatable bonds is 4. The van der Waals surface area contributed by atoms with Gasteiger partial charge in [0.25, 0.3) is 0 Å². The van der Waals surface area contributed by atoms with Crippen LogP contribution in [0.3, 0.4) is 0 Å². The highest BCUT2D eigenvalue weighted by molar-refractivity contribution is 5.30. The molecule has 0 N–H and O–H groups in total. The molecule has 1 atom stereocenters. The largest absolute Gasteiger partial charge is 0.489 e. The van der Waals surface area contributed by atoms with Gasteiger partial charge in [-0.2, -0.15) is 0 Å². The van der Waals surface area contributed by atoms with E-state index in [1.165, 1.54) is 5.56 Å². The number of aryl methyl sites for hydroxylation is 2. The van der Waals surface area contributed by atoms with Crippen LogP contribution in [0.25, 0.3) is 0 Å². The molecule has 1 aromatic heterocycles. The molecule has 1 aliphatic heterocycles. The summed E-state index contributed by atoms with van der Waals surface area (Å²) in [5, 5.41) is 0. The average Bonchev–Trinajstić information content (AvgIpc) is 3.00. The topological polar surface area (TPSA) is 34.6 Å². The molecule has 0 aliphatic carbocycles. The summed E-state index contributed by atoms with van der Waals surface area (Å²) < 4.78 is 10.7. The molecule has 0 bridgehead atoms. The van der Waals surface area contributed by atoms with Gasteiger partial charge in [0.1, 0.15) is 18.5 Å². The predicted molar refractivity (Wildman–Crippen MR) is 53.6 cm³/mol. The molecule has 1 fully saturated rings. The molecule has 1 aliphatic rings. The lowest BCUT2D eigenvalue weighted by Crippen LogP contribution is -2.06. The Morgan fingerprint density at radius 2 is 2.43 bits per heavy atom. The third-order valence-electron chi connectivity index (χ3n) is 2.33. The molecule has 0 saturated carbocycles. The smallest absolute Gasteiger partial charge is 0.140 e. The summed E-state index contributed by atoms with van der Waals surface area (Å²) in [4.78, 5) is 4.28. The van der Waals surface area contributed by atoms with E-state index in [4.69, 9.17) is 9.47 Å². The van der Waals surface area contributed by atoms with E-state index in [-0.39, 0.29) is 0 Å². The third kappa shape index (κ3) is 2.23. The second-order valence-electron chi connectivity index (χ2n) is 3.55. The van der Waals surface area contributed by atoms with Crippen LogP contribution < -0.4 is 4.74 Å². The van der Waals surface area contributed by atoms with Gasteiger partial charge in [-0.3, -0.25) is 4.98 Å². The van der Waals surface area contributed by atoms with Crippen molar-refractivity contribution in [2.75, 3.05) is 13.2 Å².